The lowest BCUT2D eigenvalue weighted by molar-refractivity contribution is -0.146. The number of likely N-dealkylation sites (N-methyl/N-ethyl adjacent to an activating group) is 1. The maximum atomic E-state index is 14.7. The van der Waals surface area contributed by atoms with Crippen molar-refractivity contribution in [3.05, 3.63) is 71.3 Å². The molecule has 4 amide bonds. The molecule has 0 radical (unpaired) electrons. The highest BCUT2D eigenvalue weighted by Gasteiger charge is 2.47. The first-order chi connectivity index (χ1) is 21.1. The molecule has 45 heavy (non-hydrogen) atoms. The van der Waals surface area contributed by atoms with Crippen LogP contribution in [0.4, 0.5) is 4.79 Å². The molecule has 1 saturated heterocycles. The molecule has 9 heteroatoms. The average Bonchev–Trinajstić information content (AvgIpc) is 3.43. The Morgan fingerprint density at radius 2 is 1.56 bits per heavy atom. The van der Waals surface area contributed by atoms with E-state index in [4.69, 9.17) is 4.74 Å². The first kappa shape index (κ1) is 34.0. The van der Waals surface area contributed by atoms with Gasteiger partial charge in [0.25, 0.3) is 0 Å². The van der Waals surface area contributed by atoms with Crippen LogP contribution < -0.4 is 10.6 Å². The van der Waals surface area contributed by atoms with Crippen LogP contribution in [0, 0.1) is 5.41 Å². The molecule has 4 rings (SSSR count). The first-order valence-corrected chi connectivity index (χ1v) is 16.1. The van der Waals surface area contributed by atoms with E-state index in [9.17, 15) is 19.2 Å². The SMILES string of the molecule is C[C@@H](C(=O)NC(C(=O)N1[C@H](C(=O)N[C@@H]2CCCc3ccccc32)CC[C@H]1c1ccccc1)C(C)(C)C)N(C)C(=O)OC(C)(C)C. The van der Waals surface area contributed by atoms with E-state index in [1.54, 1.807) is 32.6 Å². The standard InChI is InChI=1S/C36H50N4O5/c1-23(39(8)34(44)45-36(5,6)7)31(41)38-30(35(2,3)4)33(43)40-28(25-16-10-9-11-17-25)21-22-29(40)32(42)37-27-20-14-18-24-15-12-13-19-26(24)27/h9-13,15-17,19,23,27-30H,14,18,20-22H2,1-8H3,(H,37,42)(H,38,41)/t23-,27+,28-,29-,30?/m0/s1. The van der Waals surface area contributed by atoms with Gasteiger partial charge in [-0.25, -0.2) is 4.79 Å². The van der Waals surface area contributed by atoms with Crippen molar-refractivity contribution in [3.8, 4) is 0 Å². The quantitative estimate of drug-likeness (QED) is 0.414. The lowest BCUT2D eigenvalue weighted by Crippen LogP contribution is -2.60. The summed E-state index contributed by atoms with van der Waals surface area (Å²) in [4.78, 5) is 57.9. The average molecular weight is 619 g/mol. The van der Waals surface area contributed by atoms with Gasteiger partial charge in [0, 0.05) is 7.05 Å². The molecule has 0 saturated carbocycles. The summed E-state index contributed by atoms with van der Waals surface area (Å²) >= 11 is 0. The summed E-state index contributed by atoms with van der Waals surface area (Å²) in [7, 11) is 1.50. The smallest absolute Gasteiger partial charge is 0.410 e. The van der Waals surface area contributed by atoms with Crippen LogP contribution in [0.1, 0.15) is 103 Å². The van der Waals surface area contributed by atoms with E-state index in [1.807, 2.05) is 63.2 Å². The summed E-state index contributed by atoms with van der Waals surface area (Å²) in [5.74, 6) is -0.981. The Labute approximate surface area is 268 Å². The number of likely N-dealkylation sites (tertiary alicyclic amines) is 1. The summed E-state index contributed by atoms with van der Waals surface area (Å²) in [6, 6.07) is 15.0. The van der Waals surface area contributed by atoms with Crippen molar-refractivity contribution < 1.29 is 23.9 Å². The van der Waals surface area contributed by atoms with Crippen molar-refractivity contribution in [1.29, 1.82) is 0 Å². The summed E-state index contributed by atoms with van der Waals surface area (Å²) < 4.78 is 5.45. The number of nitrogens with one attached hydrogen (secondary N) is 2. The number of aryl methyl sites for hydroxylation is 1. The third kappa shape index (κ3) is 8.05. The molecule has 9 nitrogen and oxygen atoms in total. The molecular weight excluding hydrogens is 568 g/mol. The molecule has 1 heterocycles. The van der Waals surface area contributed by atoms with Gasteiger partial charge in [-0.05, 0) is 81.9 Å². The zero-order valence-corrected chi connectivity index (χ0v) is 28.1. The number of rotatable bonds is 7. The molecule has 5 atom stereocenters. The van der Waals surface area contributed by atoms with Crippen LogP contribution in [0.3, 0.4) is 0 Å². The lowest BCUT2D eigenvalue weighted by atomic mass is 9.85. The number of fused-ring (bicyclic) bond motifs is 1. The Morgan fingerprint density at radius 3 is 2.20 bits per heavy atom. The minimum atomic E-state index is -0.950. The first-order valence-electron chi connectivity index (χ1n) is 16.1. The monoisotopic (exact) mass is 618 g/mol. The number of hydrogen-bond donors (Lipinski definition) is 2. The second kappa shape index (κ2) is 13.6. The van der Waals surface area contributed by atoms with Gasteiger partial charge in [-0.15, -0.1) is 0 Å². The van der Waals surface area contributed by atoms with Gasteiger partial charge in [0.2, 0.25) is 17.7 Å². The van der Waals surface area contributed by atoms with E-state index in [0.717, 1.165) is 30.4 Å². The maximum Gasteiger partial charge on any atom is 0.410 e. The van der Waals surface area contributed by atoms with Crippen molar-refractivity contribution in [1.82, 2.24) is 20.4 Å². The second-order valence-corrected chi connectivity index (χ2v) is 14.5. The van der Waals surface area contributed by atoms with Crippen molar-refractivity contribution in [3.63, 3.8) is 0 Å². The zero-order valence-electron chi connectivity index (χ0n) is 28.1. The number of carbonyl (C=O) groups excluding carboxylic acids is 4. The van der Waals surface area contributed by atoms with Crippen molar-refractivity contribution >= 4 is 23.8 Å². The normalized spacial score (nSPS) is 21.2. The van der Waals surface area contributed by atoms with E-state index in [2.05, 4.69) is 22.8 Å². The number of benzene rings is 2. The highest BCUT2D eigenvalue weighted by Crippen LogP contribution is 2.39. The fraction of sp³-hybridized carbons (Fsp3) is 0.556. The van der Waals surface area contributed by atoms with Crippen LogP contribution in [0.5, 0.6) is 0 Å². The Hall–Kier alpha value is -3.88. The van der Waals surface area contributed by atoms with Crippen LogP contribution in [0.2, 0.25) is 0 Å². The fourth-order valence-corrected chi connectivity index (χ4v) is 6.28. The fourth-order valence-electron chi connectivity index (χ4n) is 6.28. The zero-order chi connectivity index (χ0) is 33.1. The minimum Gasteiger partial charge on any atom is -0.444 e. The molecule has 1 aliphatic carbocycles. The van der Waals surface area contributed by atoms with E-state index in [1.165, 1.54) is 17.5 Å². The van der Waals surface area contributed by atoms with E-state index in [0.29, 0.717) is 12.8 Å². The van der Waals surface area contributed by atoms with Crippen molar-refractivity contribution in [2.45, 2.75) is 116 Å². The highest BCUT2D eigenvalue weighted by atomic mass is 16.6. The predicted molar refractivity (Wildman–Crippen MR) is 174 cm³/mol. The topological polar surface area (TPSA) is 108 Å². The van der Waals surface area contributed by atoms with Gasteiger partial charge >= 0.3 is 6.09 Å². The molecule has 2 aromatic rings. The number of amides is 4. The molecule has 2 aliphatic rings. The third-order valence-corrected chi connectivity index (χ3v) is 8.85. The molecule has 1 unspecified atom stereocenters. The molecule has 0 bridgehead atoms. The molecule has 1 fully saturated rings. The van der Waals surface area contributed by atoms with Crippen LogP contribution in [-0.4, -0.2) is 64.4 Å². The Balaban J connectivity index is 1.61. The van der Waals surface area contributed by atoms with Crippen molar-refractivity contribution in [2.24, 2.45) is 5.41 Å². The lowest BCUT2D eigenvalue weighted by Gasteiger charge is -2.39. The third-order valence-electron chi connectivity index (χ3n) is 8.85. The van der Waals surface area contributed by atoms with Gasteiger partial charge in [-0.2, -0.15) is 0 Å². The Bertz CT molecular complexity index is 1380. The number of nitrogens with zero attached hydrogens (tertiary/aromatic N) is 2. The van der Waals surface area contributed by atoms with E-state index in [-0.39, 0.29) is 23.9 Å². The summed E-state index contributed by atoms with van der Waals surface area (Å²) in [5.41, 5.74) is 1.92. The molecule has 2 N–H and O–H groups in total. The van der Waals surface area contributed by atoms with Gasteiger partial charge in [0.05, 0.1) is 12.1 Å². The van der Waals surface area contributed by atoms with Crippen LogP contribution in [0.15, 0.2) is 54.6 Å². The Morgan fingerprint density at radius 1 is 0.911 bits per heavy atom. The highest BCUT2D eigenvalue weighted by molar-refractivity contribution is 5.95. The van der Waals surface area contributed by atoms with Crippen LogP contribution in [0.25, 0.3) is 0 Å². The maximum absolute atomic E-state index is 14.7. The second-order valence-electron chi connectivity index (χ2n) is 14.5. The number of hydrogen-bond acceptors (Lipinski definition) is 5. The van der Waals surface area contributed by atoms with Crippen LogP contribution in [-0.2, 0) is 25.5 Å². The summed E-state index contributed by atoms with van der Waals surface area (Å²) in [6.45, 7) is 12.5. The van der Waals surface area contributed by atoms with Gasteiger partial charge in [-0.1, -0.05) is 75.4 Å². The molecule has 0 aromatic heterocycles. The summed E-state index contributed by atoms with van der Waals surface area (Å²) in [6.07, 6.45) is 3.31. The molecular formula is C36H50N4O5. The minimum absolute atomic E-state index is 0.113. The molecule has 244 valence electrons. The van der Waals surface area contributed by atoms with Gasteiger partial charge in [0.1, 0.15) is 23.7 Å². The molecule has 1 aliphatic heterocycles. The molecule has 2 aromatic carbocycles. The largest absolute Gasteiger partial charge is 0.444 e. The number of ether oxygens (including phenoxy) is 1. The van der Waals surface area contributed by atoms with E-state index < -0.39 is 41.1 Å². The van der Waals surface area contributed by atoms with Gasteiger partial charge in [-0.3, -0.25) is 19.3 Å². The van der Waals surface area contributed by atoms with Crippen LogP contribution >= 0.6 is 0 Å². The molecule has 0 spiro atoms. The summed E-state index contributed by atoms with van der Waals surface area (Å²) in [5, 5.41) is 6.22. The van der Waals surface area contributed by atoms with Gasteiger partial charge < -0.3 is 20.3 Å². The predicted octanol–water partition coefficient (Wildman–Crippen LogP) is 5.70. The van der Waals surface area contributed by atoms with Crippen molar-refractivity contribution in [2.75, 3.05) is 7.05 Å². The number of carbonyl (C=O) groups is 4. The van der Waals surface area contributed by atoms with Gasteiger partial charge in [0.15, 0.2) is 0 Å². The van der Waals surface area contributed by atoms with E-state index >= 15 is 0 Å². The Kier molecular flexibility index (Phi) is 10.3.